The largest absolute Gasteiger partial charge is 0.383 e. The first-order valence-electron chi connectivity index (χ1n) is 6.00. The molecule has 0 aliphatic heterocycles. The van der Waals surface area contributed by atoms with Crippen molar-refractivity contribution < 1.29 is 13.5 Å². The van der Waals surface area contributed by atoms with Crippen LogP contribution in [0.5, 0.6) is 0 Å². The lowest BCUT2D eigenvalue weighted by Crippen LogP contribution is -2.19. The Bertz CT molecular complexity index is 566. The molecule has 2 rings (SSSR count). The van der Waals surface area contributed by atoms with Gasteiger partial charge in [0.15, 0.2) is 11.6 Å². The van der Waals surface area contributed by atoms with Gasteiger partial charge in [-0.2, -0.15) is 5.10 Å². The maximum Gasteiger partial charge on any atom is 0.152 e. The van der Waals surface area contributed by atoms with Crippen LogP contribution in [0.4, 0.5) is 8.78 Å². The minimum absolute atomic E-state index is 0.159. The molecule has 0 spiro atoms. The van der Waals surface area contributed by atoms with Gasteiger partial charge in [-0.15, -0.1) is 0 Å². The van der Waals surface area contributed by atoms with Crippen LogP contribution in [0.1, 0.15) is 5.56 Å². The molecule has 20 heavy (non-hydrogen) atoms. The monoisotopic (exact) mass is 393 g/mol. The summed E-state index contributed by atoms with van der Waals surface area (Å²) in [6, 6.07) is 2.62. The number of nitrogens with zero attached hydrogens (tertiary/aromatic N) is 2. The lowest BCUT2D eigenvalue weighted by molar-refractivity contribution is 0.199. The van der Waals surface area contributed by atoms with Crippen LogP contribution in [-0.4, -0.2) is 30.0 Å². The molecule has 2 aromatic rings. The first-order chi connectivity index (χ1) is 9.61. The summed E-state index contributed by atoms with van der Waals surface area (Å²) in [5.41, 5.74) is 0.385. The van der Waals surface area contributed by atoms with Gasteiger partial charge in [0.25, 0.3) is 0 Å². The van der Waals surface area contributed by atoms with Gasteiger partial charge in [0.1, 0.15) is 5.69 Å². The van der Waals surface area contributed by atoms with Crippen molar-refractivity contribution in [3.05, 3.63) is 45.3 Å². The highest BCUT2D eigenvalue weighted by atomic mass is 127. The number of benzene rings is 1. The van der Waals surface area contributed by atoms with Crippen LogP contribution in [0.3, 0.4) is 0 Å². The summed E-state index contributed by atoms with van der Waals surface area (Å²) in [4.78, 5) is 0. The van der Waals surface area contributed by atoms with E-state index in [1.54, 1.807) is 19.5 Å². The summed E-state index contributed by atoms with van der Waals surface area (Å²) in [7, 11) is 1.60. The van der Waals surface area contributed by atoms with Crippen molar-refractivity contribution in [1.29, 1.82) is 0 Å². The third-order valence-electron chi connectivity index (χ3n) is 2.67. The maximum absolute atomic E-state index is 14.0. The lowest BCUT2D eigenvalue weighted by atomic mass is 10.2. The quantitative estimate of drug-likeness (QED) is 0.606. The summed E-state index contributed by atoms with van der Waals surface area (Å²) >= 11 is 2.03. The van der Waals surface area contributed by atoms with Gasteiger partial charge in [0.2, 0.25) is 0 Å². The third-order valence-corrected chi connectivity index (χ3v) is 3.23. The predicted molar refractivity (Wildman–Crippen MR) is 79.8 cm³/mol. The summed E-state index contributed by atoms with van der Waals surface area (Å²) in [5, 5.41) is 6.96. The van der Waals surface area contributed by atoms with E-state index in [0.29, 0.717) is 25.3 Å². The highest BCUT2D eigenvalue weighted by Gasteiger charge is 2.14. The standard InChI is InChI=1S/C13H14F2IN3O/c1-20-3-2-17-6-9-4-11(14)13(12(15)5-9)19-8-10(16)7-18-19/h4-5,7-8,17H,2-3,6H2,1H3. The number of ether oxygens (including phenoxy) is 1. The second-order valence-electron chi connectivity index (χ2n) is 4.18. The lowest BCUT2D eigenvalue weighted by Gasteiger charge is -2.09. The predicted octanol–water partition coefficient (Wildman–Crippen LogP) is 2.49. The smallest absolute Gasteiger partial charge is 0.152 e. The molecule has 1 heterocycles. The van der Waals surface area contributed by atoms with Crippen molar-refractivity contribution in [1.82, 2.24) is 15.1 Å². The van der Waals surface area contributed by atoms with Crippen LogP contribution in [0, 0.1) is 15.2 Å². The number of aromatic nitrogens is 2. The van der Waals surface area contributed by atoms with Crippen molar-refractivity contribution in [3.63, 3.8) is 0 Å². The zero-order valence-corrected chi connectivity index (χ0v) is 13.0. The highest BCUT2D eigenvalue weighted by molar-refractivity contribution is 14.1. The van der Waals surface area contributed by atoms with E-state index in [1.165, 1.54) is 16.8 Å². The molecule has 4 nitrogen and oxygen atoms in total. The number of halogens is 3. The van der Waals surface area contributed by atoms with Crippen molar-refractivity contribution in [2.45, 2.75) is 6.54 Å². The molecule has 108 valence electrons. The Kier molecular flexibility index (Phi) is 5.44. The van der Waals surface area contributed by atoms with Gasteiger partial charge in [-0.25, -0.2) is 13.5 Å². The molecule has 1 aromatic carbocycles. The Balaban J connectivity index is 2.16. The molecular weight excluding hydrogens is 379 g/mol. The van der Waals surface area contributed by atoms with Crippen molar-refractivity contribution in [2.24, 2.45) is 0 Å². The Hall–Kier alpha value is -1.06. The zero-order valence-electron chi connectivity index (χ0n) is 10.9. The van der Waals surface area contributed by atoms with E-state index < -0.39 is 11.6 Å². The van der Waals surface area contributed by atoms with Crippen LogP contribution in [-0.2, 0) is 11.3 Å². The molecular formula is C13H14F2IN3O. The van der Waals surface area contributed by atoms with E-state index >= 15 is 0 Å². The van der Waals surface area contributed by atoms with Crippen LogP contribution < -0.4 is 5.32 Å². The number of hydrogen-bond donors (Lipinski definition) is 1. The summed E-state index contributed by atoms with van der Waals surface area (Å²) in [6.45, 7) is 1.56. The number of hydrogen-bond acceptors (Lipinski definition) is 3. The summed E-state index contributed by atoms with van der Waals surface area (Å²) in [5.74, 6) is -1.26. The van der Waals surface area contributed by atoms with Gasteiger partial charge >= 0.3 is 0 Å². The number of methoxy groups -OCH3 is 1. The maximum atomic E-state index is 14.0. The average molecular weight is 393 g/mol. The summed E-state index contributed by atoms with van der Waals surface area (Å²) in [6.07, 6.45) is 3.11. The summed E-state index contributed by atoms with van der Waals surface area (Å²) < 4.78 is 34.9. The fourth-order valence-electron chi connectivity index (χ4n) is 1.77. The minimum Gasteiger partial charge on any atom is -0.383 e. The fraction of sp³-hybridized carbons (Fsp3) is 0.308. The second kappa shape index (κ2) is 7.09. The van der Waals surface area contributed by atoms with E-state index in [2.05, 4.69) is 10.4 Å². The first kappa shape index (κ1) is 15.3. The van der Waals surface area contributed by atoms with Gasteiger partial charge in [-0.3, -0.25) is 0 Å². The van der Waals surface area contributed by atoms with Crippen molar-refractivity contribution in [2.75, 3.05) is 20.3 Å². The van der Waals surface area contributed by atoms with E-state index in [9.17, 15) is 8.78 Å². The zero-order chi connectivity index (χ0) is 14.5. The molecule has 0 aliphatic rings. The molecule has 7 heteroatoms. The van der Waals surface area contributed by atoms with E-state index in [4.69, 9.17) is 4.74 Å². The Morgan fingerprint density at radius 1 is 1.35 bits per heavy atom. The normalized spacial score (nSPS) is 11.0. The van der Waals surface area contributed by atoms with Gasteiger partial charge in [-0.1, -0.05) is 0 Å². The minimum atomic E-state index is -0.631. The fourth-order valence-corrected chi connectivity index (χ4v) is 2.16. The third kappa shape index (κ3) is 3.74. The molecule has 0 amide bonds. The van der Waals surface area contributed by atoms with Crippen LogP contribution >= 0.6 is 22.6 Å². The number of rotatable bonds is 6. The van der Waals surface area contributed by atoms with E-state index in [-0.39, 0.29) is 5.69 Å². The van der Waals surface area contributed by atoms with Gasteiger partial charge in [-0.05, 0) is 40.3 Å². The average Bonchev–Trinajstić information content (AvgIpc) is 2.80. The number of nitrogens with one attached hydrogen (secondary N) is 1. The van der Waals surface area contributed by atoms with Gasteiger partial charge < -0.3 is 10.1 Å². The van der Waals surface area contributed by atoms with Crippen LogP contribution in [0.15, 0.2) is 24.5 Å². The Morgan fingerprint density at radius 2 is 2.05 bits per heavy atom. The second-order valence-corrected chi connectivity index (χ2v) is 5.43. The molecule has 0 aliphatic carbocycles. The van der Waals surface area contributed by atoms with Crippen molar-refractivity contribution >= 4 is 22.6 Å². The molecule has 0 bridgehead atoms. The molecule has 0 radical (unpaired) electrons. The van der Waals surface area contributed by atoms with E-state index in [0.717, 1.165) is 3.57 Å². The molecule has 1 aromatic heterocycles. The van der Waals surface area contributed by atoms with Crippen molar-refractivity contribution in [3.8, 4) is 5.69 Å². The Labute approximate surface area is 129 Å². The topological polar surface area (TPSA) is 39.1 Å². The van der Waals surface area contributed by atoms with Gasteiger partial charge in [0, 0.05) is 26.4 Å². The molecule has 0 unspecified atom stereocenters. The first-order valence-corrected chi connectivity index (χ1v) is 7.08. The highest BCUT2D eigenvalue weighted by Crippen LogP contribution is 2.20. The molecule has 0 atom stereocenters. The SMILES string of the molecule is COCCNCc1cc(F)c(-n2cc(I)cn2)c(F)c1. The Morgan fingerprint density at radius 3 is 2.60 bits per heavy atom. The molecule has 0 saturated carbocycles. The molecule has 0 saturated heterocycles. The molecule has 0 fully saturated rings. The van der Waals surface area contributed by atoms with Crippen LogP contribution in [0.25, 0.3) is 5.69 Å². The van der Waals surface area contributed by atoms with Crippen LogP contribution in [0.2, 0.25) is 0 Å². The van der Waals surface area contributed by atoms with Gasteiger partial charge in [0.05, 0.1) is 16.4 Å². The van der Waals surface area contributed by atoms with E-state index in [1.807, 2.05) is 22.6 Å². The molecule has 1 N–H and O–H groups in total.